The number of thioether (sulfide) groups is 2. The second-order valence-electron chi connectivity index (χ2n) is 9.61. The van der Waals surface area contributed by atoms with Gasteiger partial charge in [0.1, 0.15) is 11.3 Å². The molecule has 0 spiro atoms. The van der Waals surface area contributed by atoms with E-state index in [0.29, 0.717) is 5.52 Å². The number of rotatable bonds is 9. The van der Waals surface area contributed by atoms with E-state index in [1.807, 2.05) is 6.07 Å². The van der Waals surface area contributed by atoms with Crippen molar-refractivity contribution in [2.75, 3.05) is 31.1 Å². The van der Waals surface area contributed by atoms with Crippen molar-refractivity contribution in [1.82, 2.24) is 10.1 Å². The first kappa shape index (κ1) is 24.2. The normalized spacial score (nSPS) is 19.0. The van der Waals surface area contributed by atoms with Crippen molar-refractivity contribution in [2.24, 2.45) is 0 Å². The van der Waals surface area contributed by atoms with Crippen LogP contribution in [0.15, 0.2) is 47.0 Å². The van der Waals surface area contributed by atoms with Crippen molar-refractivity contribution in [3.63, 3.8) is 0 Å². The number of benzene rings is 2. The number of halogens is 1. The quantitative estimate of drug-likeness (QED) is 0.305. The van der Waals surface area contributed by atoms with E-state index in [9.17, 15) is 4.39 Å². The smallest absolute Gasteiger partial charge is 0.152 e. The molecule has 2 aromatic carbocycles. The average molecular weight is 499 g/mol. The van der Waals surface area contributed by atoms with Crippen LogP contribution < -0.4 is 0 Å². The Morgan fingerprint density at radius 2 is 1.79 bits per heavy atom. The van der Waals surface area contributed by atoms with Gasteiger partial charge in [0.05, 0.1) is 4.58 Å². The molecule has 1 aromatic heterocycles. The maximum absolute atomic E-state index is 13.7. The zero-order valence-electron chi connectivity index (χ0n) is 19.9. The van der Waals surface area contributed by atoms with Gasteiger partial charge in [0.25, 0.3) is 0 Å². The molecule has 0 aliphatic carbocycles. The zero-order chi connectivity index (χ0) is 23.2. The van der Waals surface area contributed by atoms with Gasteiger partial charge in [0, 0.05) is 17.4 Å². The summed E-state index contributed by atoms with van der Waals surface area (Å²) < 4.78 is 20.3. The predicted octanol–water partition coefficient (Wildman–Crippen LogP) is 7.49. The van der Waals surface area contributed by atoms with Crippen LogP contribution in [0.4, 0.5) is 4.39 Å². The molecule has 0 radical (unpaired) electrons. The minimum atomic E-state index is -0.271. The third-order valence-electron chi connectivity index (χ3n) is 7.15. The molecule has 0 bridgehead atoms. The van der Waals surface area contributed by atoms with E-state index in [2.05, 4.69) is 57.8 Å². The van der Waals surface area contributed by atoms with Gasteiger partial charge >= 0.3 is 0 Å². The first-order chi connectivity index (χ1) is 16.8. The van der Waals surface area contributed by atoms with E-state index in [0.717, 1.165) is 41.5 Å². The molecule has 3 aromatic rings. The Morgan fingerprint density at radius 1 is 1.00 bits per heavy atom. The van der Waals surface area contributed by atoms with Crippen molar-refractivity contribution in [1.29, 1.82) is 0 Å². The standard InChI is InChI=1S/C28H35FN2OS2/c29-23-12-13-25-26(20-23)30-32-28(25)24(6-4-17-31-15-2-1-3-16-31)22-10-7-21(8-11-22)9-14-27-33-18-5-19-34-27/h7-8,10-13,20,24,27H,1-6,9,14-19H2. The minimum Gasteiger partial charge on any atom is -0.359 e. The zero-order valence-corrected chi connectivity index (χ0v) is 21.5. The molecular formula is C28H35FN2OS2. The van der Waals surface area contributed by atoms with Gasteiger partial charge in [-0.05, 0) is 99.3 Å². The topological polar surface area (TPSA) is 29.3 Å². The lowest BCUT2D eigenvalue weighted by Gasteiger charge is -2.27. The molecule has 1 unspecified atom stereocenters. The number of likely N-dealkylation sites (tertiary alicyclic amines) is 1. The van der Waals surface area contributed by atoms with E-state index in [1.54, 1.807) is 0 Å². The van der Waals surface area contributed by atoms with Crippen LogP contribution >= 0.6 is 23.5 Å². The summed E-state index contributed by atoms with van der Waals surface area (Å²) in [4.78, 5) is 2.60. The molecule has 5 rings (SSSR count). The Hall–Kier alpha value is -1.50. The fraction of sp³-hybridized carbons (Fsp3) is 0.536. The first-order valence-electron chi connectivity index (χ1n) is 12.9. The molecule has 3 nitrogen and oxygen atoms in total. The summed E-state index contributed by atoms with van der Waals surface area (Å²) in [6.07, 6.45) is 9.86. The molecule has 2 aliphatic heterocycles. The van der Waals surface area contributed by atoms with Crippen LogP contribution in [0.25, 0.3) is 10.9 Å². The van der Waals surface area contributed by atoms with Crippen molar-refractivity contribution in [2.45, 2.75) is 61.9 Å². The lowest BCUT2D eigenvalue weighted by Crippen LogP contribution is -2.30. The summed E-state index contributed by atoms with van der Waals surface area (Å²) in [5.74, 6) is 3.36. The molecule has 3 heterocycles. The lowest BCUT2D eigenvalue weighted by molar-refractivity contribution is 0.222. The summed E-state index contributed by atoms with van der Waals surface area (Å²) in [5, 5.41) is 5.12. The molecule has 0 saturated carbocycles. The van der Waals surface area contributed by atoms with Crippen LogP contribution in [0.2, 0.25) is 0 Å². The predicted molar refractivity (Wildman–Crippen MR) is 143 cm³/mol. The van der Waals surface area contributed by atoms with Crippen molar-refractivity contribution in [3.8, 4) is 0 Å². The van der Waals surface area contributed by atoms with Crippen molar-refractivity contribution >= 4 is 34.4 Å². The van der Waals surface area contributed by atoms with Gasteiger partial charge in [0.15, 0.2) is 5.76 Å². The van der Waals surface area contributed by atoms with Crippen molar-refractivity contribution < 1.29 is 8.91 Å². The summed E-state index contributed by atoms with van der Waals surface area (Å²) >= 11 is 4.25. The van der Waals surface area contributed by atoms with Gasteiger partial charge in [-0.25, -0.2) is 4.39 Å². The Balaban J connectivity index is 1.30. The monoisotopic (exact) mass is 498 g/mol. The molecule has 2 aliphatic rings. The third kappa shape index (κ3) is 6.19. The van der Waals surface area contributed by atoms with Gasteiger partial charge in [-0.15, -0.1) is 23.5 Å². The summed E-state index contributed by atoms with van der Waals surface area (Å²) in [7, 11) is 0. The van der Waals surface area contributed by atoms with Crippen LogP contribution in [0, 0.1) is 5.82 Å². The number of aryl methyl sites for hydroxylation is 1. The van der Waals surface area contributed by atoms with E-state index < -0.39 is 0 Å². The lowest BCUT2D eigenvalue weighted by atomic mass is 9.89. The van der Waals surface area contributed by atoms with Gasteiger partial charge < -0.3 is 9.42 Å². The maximum atomic E-state index is 13.7. The Labute approximate surface area is 211 Å². The highest BCUT2D eigenvalue weighted by Crippen LogP contribution is 2.36. The Kier molecular flexibility index (Phi) is 8.51. The summed E-state index contributed by atoms with van der Waals surface area (Å²) in [6, 6.07) is 13.9. The second kappa shape index (κ2) is 12.0. The van der Waals surface area contributed by atoms with E-state index >= 15 is 0 Å². The number of fused-ring (bicyclic) bond motifs is 1. The highest BCUT2D eigenvalue weighted by Gasteiger charge is 2.23. The fourth-order valence-corrected chi connectivity index (χ4v) is 8.10. The van der Waals surface area contributed by atoms with Crippen LogP contribution in [0.1, 0.15) is 67.8 Å². The van der Waals surface area contributed by atoms with E-state index in [4.69, 9.17) is 4.52 Å². The minimum absolute atomic E-state index is 0.138. The molecule has 2 fully saturated rings. The number of hydrogen-bond acceptors (Lipinski definition) is 5. The van der Waals surface area contributed by atoms with Crippen LogP contribution in [-0.4, -0.2) is 45.8 Å². The maximum Gasteiger partial charge on any atom is 0.152 e. The molecule has 0 N–H and O–H groups in total. The Bertz CT molecular complexity index is 1040. The fourth-order valence-electron chi connectivity index (χ4n) is 5.24. The second-order valence-corrected chi connectivity index (χ2v) is 12.5. The Morgan fingerprint density at radius 3 is 2.59 bits per heavy atom. The SMILES string of the molecule is Fc1ccc2c(C(CCCN3CCCCC3)c3ccc(CCC4SCCCS4)cc3)onc2c1. The van der Waals surface area contributed by atoms with Crippen molar-refractivity contribution in [3.05, 3.63) is 65.2 Å². The van der Waals surface area contributed by atoms with Gasteiger partial charge in [-0.1, -0.05) is 35.8 Å². The highest BCUT2D eigenvalue weighted by atomic mass is 32.2. The number of piperidine rings is 1. The number of hydrogen-bond donors (Lipinski definition) is 0. The average Bonchev–Trinajstić information content (AvgIpc) is 3.30. The molecule has 2 saturated heterocycles. The molecule has 34 heavy (non-hydrogen) atoms. The third-order valence-corrected chi connectivity index (χ3v) is 10.2. The van der Waals surface area contributed by atoms with Gasteiger partial charge in [-0.3, -0.25) is 0 Å². The molecule has 1 atom stereocenters. The largest absolute Gasteiger partial charge is 0.359 e. The summed E-state index contributed by atoms with van der Waals surface area (Å²) in [5.41, 5.74) is 3.29. The van der Waals surface area contributed by atoms with E-state index in [1.165, 1.54) is 80.0 Å². The molecular weight excluding hydrogens is 463 g/mol. The first-order valence-corrected chi connectivity index (χ1v) is 15.0. The highest BCUT2D eigenvalue weighted by molar-refractivity contribution is 8.17. The summed E-state index contributed by atoms with van der Waals surface area (Å²) in [6.45, 7) is 3.58. The van der Waals surface area contributed by atoms with E-state index in [-0.39, 0.29) is 11.7 Å². The van der Waals surface area contributed by atoms with Gasteiger partial charge in [-0.2, -0.15) is 0 Å². The molecule has 0 amide bonds. The molecule has 182 valence electrons. The van der Waals surface area contributed by atoms with Crippen LogP contribution in [-0.2, 0) is 6.42 Å². The number of nitrogens with zero attached hydrogens (tertiary/aromatic N) is 2. The molecule has 6 heteroatoms. The van der Waals surface area contributed by atoms with Crippen LogP contribution in [0.5, 0.6) is 0 Å². The number of aromatic nitrogens is 1. The van der Waals surface area contributed by atoms with Gasteiger partial charge in [0.2, 0.25) is 0 Å². The van der Waals surface area contributed by atoms with Crippen LogP contribution in [0.3, 0.4) is 0 Å².